The van der Waals surface area contributed by atoms with E-state index in [2.05, 4.69) is 10.0 Å². The number of hydrogen-bond acceptors (Lipinski definition) is 3. The van der Waals surface area contributed by atoms with Crippen molar-refractivity contribution >= 4 is 62.1 Å². The van der Waals surface area contributed by atoms with E-state index in [-0.39, 0.29) is 36.9 Å². The average molecular weight is 456 g/mol. The lowest BCUT2D eigenvalue weighted by Gasteiger charge is -2.13. The van der Waals surface area contributed by atoms with Gasteiger partial charge in [-0.05, 0) is 42.5 Å². The fourth-order valence-electron chi connectivity index (χ4n) is 2.37. The van der Waals surface area contributed by atoms with Gasteiger partial charge in [-0.2, -0.15) is 0 Å². The highest BCUT2D eigenvalue weighted by atomic mass is 35.5. The molecule has 3 aromatic carbocycles. The maximum absolute atomic E-state index is 12.7. The number of benzene rings is 3. The van der Waals surface area contributed by atoms with Crippen LogP contribution in [0.5, 0.6) is 0 Å². The zero-order valence-electron chi connectivity index (χ0n) is 14.1. The zero-order valence-corrected chi connectivity index (χ0v) is 17.2. The summed E-state index contributed by atoms with van der Waals surface area (Å²) in [7, 11) is -4.04. The molecule has 0 aliphatic heterocycles. The Morgan fingerprint density at radius 2 is 1.43 bits per heavy atom. The van der Waals surface area contributed by atoms with Crippen LogP contribution < -0.4 is 10.0 Å². The van der Waals surface area contributed by atoms with Crippen LogP contribution in [0.4, 0.5) is 11.4 Å². The summed E-state index contributed by atoms with van der Waals surface area (Å²) in [5.41, 5.74) is 0.720. The fraction of sp³-hybridized carbons (Fsp3) is 0. The second kappa shape index (κ2) is 8.41. The first kappa shape index (κ1) is 20.5. The van der Waals surface area contributed by atoms with E-state index < -0.39 is 15.9 Å². The normalized spacial score (nSPS) is 11.1. The van der Waals surface area contributed by atoms with E-state index >= 15 is 0 Å². The Morgan fingerprint density at radius 1 is 0.786 bits per heavy atom. The van der Waals surface area contributed by atoms with Crippen LogP contribution in [0.15, 0.2) is 71.6 Å². The number of amides is 1. The summed E-state index contributed by atoms with van der Waals surface area (Å²) in [5, 5.41) is 3.13. The molecule has 3 aromatic rings. The van der Waals surface area contributed by atoms with Crippen molar-refractivity contribution in [3.8, 4) is 0 Å². The predicted octanol–water partition coefficient (Wildman–Crippen LogP) is 5.70. The lowest BCUT2D eigenvalue weighted by atomic mass is 10.2. The topological polar surface area (TPSA) is 75.3 Å². The molecule has 1 amide bonds. The smallest absolute Gasteiger partial charge is 0.263 e. The number of rotatable bonds is 5. The molecule has 0 aromatic heterocycles. The summed E-state index contributed by atoms with van der Waals surface area (Å²) >= 11 is 18.1. The molecule has 3 rings (SSSR count). The van der Waals surface area contributed by atoms with Crippen LogP contribution in [0.25, 0.3) is 0 Å². The van der Waals surface area contributed by atoms with Gasteiger partial charge in [-0.25, -0.2) is 8.42 Å². The van der Waals surface area contributed by atoms with Gasteiger partial charge in [0.25, 0.3) is 15.9 Å². The molecule has 28 heavy (non-hydrogen) atoms. The number of anilines is 2. The molecule has 5 nitrogen and oxygen atoms in total. The average Bonchev–Trinajstić information content (AvgIpc) is 2.65. The van der Waals surface area contributed by atoms with Crippen LogP contribution in [-0.2, 0) is 10.0 Å². The molecule has 2 N–H and O–H groups in total. The van der Waals surface area contributed by atoms with E-state index in [1.165, 1.54) is 24.3 Å². The van der Waals surface area contributed by atoms with Crippen molar-refractivity contribution < 1.29 is 13.2 Å². The Bertz CT molecular complexity index is 1150. The highest BCUT2D eigenvalue weighted by Gasteiger charge is 2.20. The maximum atomic E-state index is 12.7. The molecule has 0 fully saturated rings. The number of sulfonamides is 1. The number of halogens is 3. The zero-order chi connectivity index (χ0) is 20.3. The summed E-state index contributed by atoms with van der Waals surface area (Å²) in [5.74, 6) is -0.477. The van der Waals surface area contributed by atoms with Gasteiger partial charge in [-0.15, -0.1) is 0 Å². The Balaban J connectivity index is 1.90. The minimum Gasteiger partial charge on any atom is -0.322 e. The first-order chi connectivity index (χ1) is 13.3. The number of carbonyl (C=O) groups excluding carboxylic acids is 1. The standard InChI is InChI=1S/C19H13Cl3N2O3S/c20-14-6-2-1-5-13(14)19(25)23-12-9-10-16(22)18(11-12)28(26,27)24-17-8-4-3-7-15(17)21/h1-11,24H,(H,23,25). The van der Waals surface area contributed by atoms with E-state index in [4.69, 9.17) is 34.8 Å². The first-order valence-corrected chi connectivity index (χ1v) is 10.5. The van der Waals surface area contributed by atoms with E-state index in [0.717, 1.165) is 0 Å². The van der Waals surface area contributed by atoms with Gasteiger partial charge < -0.3 is 5.32 Å². The molecule has 0 heterocycles. The van der Waals surface area contributed by atoms with Crippen molar-refractivity contribution in [2.24, 2.45) is 0 Å². The monoisotopic (exact) mass is 454 g/mol. The molecule has 0 bridgehead atoms. The van der Waals surface area contributed by atoms with Gasteiger partial charge in [0.1, 0.15) is 4.90 Å². The second-order valence-electron chi connectivity index (χ2n) is 5.66. The molecule has 9 heteroatoms. The van der Waals surface area contributed by atoms with Crippen LogP contribution in [0.3, 0.4) is 0 Å². The SMILES string of the molecule is O=C(Nc1ccc(Cl)c(S(=O)(=O)Nc2ccccc2Cl)c1)c1ccccc1Cl. The van der Waals surface area contributed by atoms with Gasteiger partial charge in [0.05, 0.1) is 26.3 Å². The summed E-state index contributed by atoms with van der Waals surface area (Å²) in [4.78, 5) is 12.2. The lowest BCUT2D eigenvalue weighted by Crippen LogP contribution is -2.16. The van der Waals surface area contributed by atoms with Crippen molar-refractivity contribution in [1.82, 2.24) is 0 Å². The van der Waals surface area contributed by atoms with Crippen molar-refractivity contribution in [3.05, 3.63) is 87.4 Å². The molecule has 144 valence electrons. The molecule has 0 unspecified atom stereocenters. The third-order valence-corrected chi connectivity index (χ3v) is 6.22. The fourth-order valence-corrected chi connectivity index (χ4v) is 4.44. The summed E-state index contributed by atoms with van der Waals surface area (Å²) in [6.07, 6.45) is 0. The summed E-state index contributed by atoms with van der Waals surface area (Å²) in [6, 6.07) is 17.1. The Morgan fingerprint density at radius 3 is 2.11 bits per heavy atom. The molecule has 0 saturated carbocycles. The molecule has 0 aliphatic rings. The number of carbonyl (C=O) groups is 1. The van der Waals surface area contributed by atoms with E-state index in [1.54, 1.807) is 42.5 Å². The van der Waals surface area contributed by atoms with Crippen LogP contribution in [0.1, 0.15) is 10.4 Å². The molecular formula is C19H13Cl3N2O3S. The highest BCUT2D eigenvalue weighted by molar-refractivity contribution is 7.92. The van der Waals surface area contributed by atoms with Gasteiger partial charge in [-0.1, -0.05) is 59.1 Å². The van der Waals surface area contributed by atoms with Crippen LogP contribution >= 0.6 is 34.8 Å². The molecule has 0 atom stereocenters. The molecule has 0 radical (unpaired) electrons. The van der Waals surface area contributed by atoms with Crippen molar-refractivity contribution in [3.63, 3.8) is 0 Å². The summed E-state index contributed by atoms with van der Waals surface area (Å²) < 4.78 is 27.9. The van der Waals surface area contributed by atoms with E-state index in [0.29, 0.717) is 0 Å². The van der Waals surface area contributed by atoms with Gasteiger partial charge in [0, 0.05) is 5.69 Å². The second-order valence-corrected chi connectivity index (χ2v) is 8.54. The molecule has 0 saturated heterocycles. The lowest BCUT2D eigenvalue weighted by molar-refractivity contribution is 0.102. The maximum Gasteiger partial charge on any atom is 0.263 e. The van der Waals surface area contributed by atoms with Crippen LogP contribution in [-0.4, -0.2) is 14.3 Å². The van der Waals surface area contributed by atoms with Crippen molar-refractivity contribution in [1.29, 1.82) is 0 Å². The highest BCUT2D eigenvalue weighted by Crippen LogP contribution is 2.29. The third kappa shape index (κ3) is 4.59. The largest absolute Gasteiger partial charge is 0.322 e. The van der Waals surface area contributed by atoms with Crippen molar-refractivity contribution in [2.45, 2.75) is 4.90 Å². The molecule has 0 aliphatic carbocycles. The first-order valence-electron chi connectivity index (χ1n) is 7.91. The van der Waals surface area contributed by atoms with Crippen LogP contribution in [0, 0.1) is 0 Å². The predicted molar refractivity (Wildman–Crippen MR) is 113 cm³/mol. The Kier molecular flexibility index (Phi) is 6.15. The summed E-state index contributed by atoms with van der Waals surface area (Å²) in [6.45, 7) is 0. The minimum atomic E-state index is -4.04. The van der Waals surface area contributed by atoms with Gasteiger partial charge in [-0.3, -0.25) is 9.52 Å². The minimum absolute atomic E-state index is 0.00436. The number of hydrogen-bond donors (Lipinski definition) is 2. The quantitative estimate of drug-likeness (QED) is 0.518. The number of nitrogens with one attached hydrogen (secondary N) is 2. The Labute approximate surface area is 177 Å². The van der Waals surface area contributed by atoms with Gasteiger partial charge in [0.2, 0.25) is 0 Å². The van der Waals surface area contributed by atoms with E-state index in [9.17, 15) is 13.2 Å². The number of para-hydroxylation sites is 1. The molecular weight excluding hydrogens is 443 g/mol. The van der Waals surface area contributed by atoms with Gasteiger partial charge in [0.15, 0.2) is 0 Å². The van der Waals surface area contributed by atoms with Crippen LogP contribution in [0.2, 0.25) is 15.1 Å². The van der Waals surface area contributed by atoms with E-state index in [1.807, 2.05) is 0 Å². The van der Waals surface area contributed by atoms with Gasteiger partial charge >= 0.3 is 0 Å². The third-order valence-electron chi connectivity index (χ3n) is 3.72. The Hall–Kier alpha value is -2.25. The van der Waals surface area contributed by atoms with Crippen molar-refractivity contribution in [2.75, 3.05) is 10.0 Å². The molecule has 0 spiro atoms.